The highest BCUT2D eigenvalue weighted by molar-refractivity contribution is 5.31. The molecule has 0 atom stereocenters. The zero-order valence-corrected chi connectivity index (χ0v) is 17.8. The van der Waals surface area contributed by atoms with Gasteiger partial charge in [-0.2, -0.15) is 0 Å². The van der Waals surface area contributed by atoms with E-state index in [1.165, 1.54) is 89.0 Å². The van der Waals surface area contributed by atoms with Crippen LogP contribution in [0.3, 0.4) is 0 Å². The Morgan fingerprint density at radius 3 is 2.15 bits per heavy atom. The summed E-state index contributed by atoms with van der Waals surface area (Å²) in [6.45, 7) is 5.15. The topological polar surface area (TPSA) is 9.23 Å². The van der Waals surface area contributed by atoms with Crippen LogP contribution in [-0.2, 0) is 0 Å². The Hall–Kier alpha value is -1.05. The lowest BCUT2D eigenvalue weighted by molar-refractivity contribution is 0.288. The Morgan fingerprint density at radius 2 is 1.52 bits per heavy atom. The first-order chi connectivity index (χ1) is 13.2. The van der Waals surface area contributed by atoms with Crippen molar-refractivity contribution < 1.29 is 9.13 Å². The van der Waals surface area contributed by atoms with Gasteiger partial charge >= 0.3 is 0 Å². The molecule has 0 spiro atoms. The Bertz CT molecular complexity index is 505. The lowest BCUT2D eigenvalue weighted by Crippen LogP contribution is -2.13. The first-order valence-corrected chi connectivity index (χ1v) is 11.7. The van der Waals surface area contributed by atoms with Crippen LogP contribution in [-0.4, -0.2) is 6.61 Å². The highest BCUT2D eigenvalue weighted by Gasteiger charge is 2.22. The van der Waals surface area contributed by atoms with E-state index >= 15 is 0 Å². The maximum Gasteiger partial charge on any atom is 0.165 e. The van der Waals surface area contributed by atoms with E-state index in [0.29, 0.717) is 18.3 Å². The predicted octanol–water partition coefficient (Wildman–Crippen LogP) is 8.42. The maximum atomic E-state index is 14.4. The molecule has 0 aliphatic heterocycles. The number of unbranched alkanes of at least 4 members (excludes halogenated alkanes) is 7. The fraction of sp³-hybridized carbons (Fsp3) is 0.760. The Balaban J connectivity index is 1.64. The lowest BCUT2D eigenvalue weighted by atomic mass is 9.77. The van der Waals surface area contributed by atoms with Crippen molar-refractivity contribution in [2.45, 2.75) is 110 Å². The van der Waals surface area contributed by atoms with Crippen molar-refractivity contribution in [3.8, 4) is 5.75 Å². The van der Waals surface area contributed by atoms with Crippen LogP contribution in [0.5, 0.6) is 5.75 Å². The third-order valence-electron chi connectivity index (χ3n) is 6.23. The fourth-order valence-electron chi connectivity index (χ4n) is 4.50. The molecule has 1 saturated carbocycles. The first kappa shape index (κ1) is 22.2. The van der Waals surface area contributed by atoms with Crippen molar-refractivity contribution in [3.63, 3.8) is 0 Å². The van der Waals surface area contributed by atoms with Gasteiger partial charge in [-0.05, 0) is 61.6 Å². The molecule has 1 aromatic carbocycles. The van der Waals surface area contributed by atoms with E-state index in [2.05, 4.69) is 19.9 Å². The van der Waals surface area contributed by atoms with E-state index in [1.54, 1.807) is 6.07 Å². The third-order valence-corrected chi connectivity index (χ3v) is 6.23. The van der Waals surface area contributed by atoms with Crippen LogP contribution in [0.4, 0.5) is 4.39 Å². The molecule has 1 fully saturated rings. The highest BCUT2D eigenvalue weighted by Crippen LogP contribution is 2.38. The van der Waals surface area contributed by atoms with Crippen LogP contribution in [0, 0.1) is 11.7 Å². The summed E-state index contributed by atoms with van der Waals surface area (Å²) < 4.78 is 20.1. The van der Waals surface area contributed by atoms with Crippen molar-refractivity contribution in [1.29, 1.82) is 0 Å². The van der Waals surface area contributed by atoms with Gasteiger partial charge in [0.2, 0.25) is 0 Å². The van der Waals surface area contributed by atoms with Crippen molar-refractivity contribution in [2.75, 3.05) is 6.61 Å². The molecule has 2 rings (SSSR count). The molecule has 1 aliphatic rings. The van der Waals surface area contributed by atoms with Crippen molar-refractivity contribution in [1.82, 2.24) is 0 Å². The van der Waals surface area contributed by atoms with Crippen LogP contribution in [0.25, 0.3) is 0 Å². The summed E-state index contributed by atoms with van der Waals surface area (Å²) in [6, 6.07) is 5.68. The predicted molar refractivity (Wildman–Crippen MR) is 114 cm³/mol. The lowest BCUT2D eigenvalue weighted by Gasteiger charge is -2.28. The van der Waals surface area contributed by atoms with E-state index in [4.69, 9.17) is 4.74 Å². The first-order valence-electron chi connectivity index (χ1n) is 11.7. The molecule has 0 aromatic heterocycles. The molecule has 0 unspecified atom stereocenters. The summed E-state index contributed by atoms with van der Waals surface area (Å²) in [7, 11) is 0. The number of hydrogen-bond acceptors (Lipinski definition) is 1. The van der Waals surface area contributed by atoms with Gasteiger partial charge in [0.15, 0.2) is 11.6 Å². The average molecular weight is 377 g/mol. The maximum absolute atomic E-state index is 14.4. The third kappa shape index (κ3) is 8.23. The molecule has 27 heavy (non-hydrogen) atoms. The Morgan fingerprint density at radius 1 is 0.852 bits per heavy atom. The molecule has 1 aliphatic carbocycles. The summed E-state index contributed by atoms with van der Waals surface area (Å²) in [5, 5.41) is 0. The monoisotopic (exact) mass is 376 g/mol. The molecular weight excluding hydrogens is 335 g/mol. The van der Waals surface area contributed by atoms with Gasteiger partial charge in [0, 0.05) is 0 Å². The van der Waals surface area contributed by atoms with Crippen LogP contribution in [0.15, 0.2) is 18.2 Å². The summed E-state index contributed by atoms with van der Waals surface area (Å²) >= 11 is 0. The van der Waals surface area contributed by atoms with Gasteiger partial charge in [-0.25, -0.2) is 4.39 Å². The summed E-state index contributed by atoms with van der Waals surface area (Å²) in [5.41, 5.74) is 1.17. The van der Waals surface area contributed by atoms with Crippen LogP contribution in [0.1, 0.15) is 115 Å². The van der Waals surface area contributed by atoms with Gasteiger partial charge in [0.1, 0.15) is 0 Å². The SMILES string of the molecule is CCCCCCCCCCOc1ccc([C@H]2CC[C@H](CCC)CC2)cc1F. The molecule has 154 valence electrons. The van der Waals surface area contributed by atoms with E-state index in [-0.39, 0.29) is 5.82 Å². The number of hydrogen-bond donors (Lipinski definition) is 0. The number of rotatable bonds is 13. The van der Waals surface area contributed by atoms with Crippen molar-refractivity contribution >= 4 is 0 Å². The number of ether oxygens (including phenoxy) is 1. The summed E-state index contributed by atoms with van der Waals surface area (Å²) in [6.07, 6.45) is 17.9. The van der Waals surface area contributed by atoms with Crippen LogP contribution < -0.4 is 4.74 Å². The smallest absolute Gasteiger partial charge is 0.165 e. The molecule has 0 radical (unpaired) electrons. The standard InChI is InChI=1S/C25H41FO/c1-3-5-6-7-8-9-10-11-19-27-25-18-17-23(20-24(25)26)22-15-13-21(12-4-2)14-16-22/h17-18,20-22H,3-16,19H2,1-2H3/t21-,22-. The van der Waals surface area contributed by atoms with E-state index < -0.39 is 0 Å². The van der Waals surface area contributed by atoms with Gasteiger partial charge in [-0.1, -0.05) is 77.7 Å². The second kappa shape index (κ2) is 13.2. The summed E-state index contributed by atoms with van der Waals surface area (Å²) in [4.78, 5) is 0. The van der Waals surface area contributed by atoms with Crippen LogP contribution in [0.2, 0.25) is 0 Å². The zero-order chi connectivity index (χ0) is 19.3. The van der Waals surface area contributed by atoms with Crippen molar-refractivity contribution in [2.24, 2.45) is 5.92 Å². The normalized spacial score (nSPS) is 20.0. The molecule has 0 bridgehead atoms. The van der Waals surface area contributed by atoms with E-state index in [1.807, 2.05) is 6.07 Å². The molecule has 0 heterocycles. The molecule has 0 amide bonds. The molecule has 1 nitrogen and oxygen atoms in total. The second-order valence-electron chi connectivity index (χ2n) is 8.52. The van der Waals surface area contributed by atoms with Gasteiger partial charge in [0.25, 0.3) is 0 Å². The van der Waals surface area contributed by atoms with Gasteiger partial charge in [0.05, 0.1) is 6.61 Å². The molecule has 0 saturated heterocycles. The quantitative estimate of drug-likeness (QED) is 0.314. The summed E-state index contributed by atoms with van der Waals surface area (Å²) in [5.74, 6) is 1.68. The van der Waals surface area contributed by atoms with E-state index in [9.17, 15) is 4.39 Å². The molecule has 2 heteroatoms. The highest BCUT2D eigenvalue weighted by atomic mass is 19.1. The van der Waals surface area contributed by atoms with Crippen molar-refractivity contribution in [3.05, 3.63) is 29.6 Å². The van der Waals surface area contributed by atoms with Gasteiger partial charge in [-0.15, -0.1) is 0 Å². The Labute approximate surface area is 167 Å². The second-order valence-corrected chi connectivity index (χ2v) is 8.52. The van der Waals surface area contributed by atoms with E-state index in [0.717, 1.165) is 12.3 Å². The average Bonchev–Trinajstić information content (AvgIpc) is 2.68. The largest absolute Gasteiger partial charge is 0.491 e. The number of halogens is 1. The minimum Gasteiger partial charge on any atom is -0.491 e. The number of benzene rings is 1. The molecule has 0 N–H and O–H groups in total. The Kier molecular flexibility index (Phi) is 10.9. The van der Waals surface area contributed by atoms with Gasteiger partial charge < -0.3 is 4.74 Å². The zero-order valence-electron chi connectivity index (χ0n) is 17.8. The fourth-order valence-corrected chi connectivity index (χ4v) is 4.50. The minimum atomic E-state index is -0.178. The van der Waals surface area contributed by atoms with Gasteiger partial charge in [-0.3, -0.25) is 0 Å². The molecular formula is C25H41FO. The minimum absolute atomic E-state index is 0.178. The van der Waals surface area contributed by atoms with Crippen LogP contribution >= 0.6 is 0 Å². The molecule has 1 aromatic rings.